The first-order chi connectivity index (χ1) is 12.8. The molecule has 0 aliphatic carbocycles. The van der Waals surface area contributed by atoms with Crippen LogP contribution in [0.4, 0.5) is 0 Å². The van der Waals surface area contributed by atoms with Crippen molar-refractivity contribution in [3.63, 3.8) is 0 Å². The molecule has 1 aromatic carbocycles. The number of hydrogen-bond acceptors (Lipinski definition) is 6. The first-order valence-electron chi connectivity index (χ1n) is 8.65. The highest BCUT2D eigenvalue weighted by atomic mass is 16.5. The molecule has 1 amide bonds. The van der Waals surface area contributed by atoms with Crippen LogP contribution in [-0.4, -0.2) is 53.9 Å². The summed E-state index contributed by atoms with van der Waals surface area (Å²) >= 11 is 0. The van der Waals surface area contributed by atoms with Crippen LogP contribution in [0.1, 0.15) is 44.0 Å². The Morgan fingerprint density at radius 3 is 1.89 bits per heavy atom. The zero-order chi connectivity index (χ0) is 20.4. The van der Waals surface area contributed by atoms with Gasteiger partial charge in [0.25, 0.3) is 5.91 Å². The van der Waals surface area contributed by atoms with Crippen LogP contribution in [-0.2, 0) is 9.59 Å². The fraction of sp³-hybridized carbons (Fsp3) is 0.500. The molecule has 0 bridgehead atoms. The number of ether oxygens (including phenoxy) is 3. The van der Waals surface area contributed by atoms with Gasteiger partial charge in [0.1, 0.15) is 6.04 Å². The molecular formula is C18H25NO8. The van der Waals surface area contributed by atoms with E-state index in [1.807, 2.05) is 0 Å². The number of amides is 1. The Kier molecular flexibility index (Phi) is 8.91. The summed E-state index contributed by atoms with van der Waals surface area (Å²) in [6, 6.07) is 1.54. The van der Waals surface area contributed by atoms with Crippen molar-refractivity contribution in [2.24, 2.45) is 0 Å². The highest BCUT2D eigenvalue weighted by Crippen LogP contribution is 2.39. The number of carbonyl (C=O) groups excluding carboxylic acids is 1. The molecule has 1 atom stereocenters. The van der Waals surface area contributed by atoms with Gasteiger partial charge in [0, 0.05) is 12.0 Å². The van der Waals surface area contributed by atoms with E-state index >= 15 is 0 Å². The lowest BCUT2D eigenvalue weighted by atomic mass is 10.1. The number of aliphatic carboxylic acids is 2. The lowest BCUT2D eigenvalue weighted by Crippen LogP contribution is -2.41. The summed E-state index contributed by atoms with van der Waals surface area (Å²) < 4.78 is 16.6. The van der Waals surface area contributed by atoms with Gasteiger partial charge in [-0.1, -0.05) is 0 Å². The quantitative estimate of drug-likeness (QED) is 0.499. The van der Waals surface area contributed by atoms with Crippen molar-refractivity contribution in [2.75, 3.05) is 19.8 Å². The average Bonchev–Trinajstić information content (AvgIpc) is 2.60. The molecule has 27 heavy (non-hydrogen) atoms. The molecule has 0 aromatic heterocycles. The number of carboxylic acid groups (broad SMARTS) is 2. The number of benzene rings is 1. The lowest BCUT2D eigenvalue weighted by Gasteiger charge is -2.18. The van der Waals surface area contributed by atoms with Crippen LogP contribution in [0.3, 0.4) is 0 Å². The molecule has 9 heteroatoms. The predicted octanol–water partition coefficient (Wildman–Crippen LogP) is 1.93. The molecule has 0 spiro atoms. The van der Waals surface area contributed by atoms with Gasteiger partial charge in [-0.3, -0.25) is 9.59 Å². The Hall–Kier alpha value is -2.97. The zero-order valence-electron chi connectivity index (χ0n) is 15.6. The van der Waals surface area contributed by atoms with E-state index in [-0.39, 0.29) is 18.4 Å². The van der Waals surface area contributed by atoms with E-state index in [0.717, 1.165) is 0 Å². The molecule has 0 fully saturated rings. The van der Waals surface area contributed by atoms with Crippen LogP contribution in [0.2, 0.25) is 0 Å². The summed E-state index contributed by atoms with van der Waals surface area (Å²) in [6.07, 6.45) is -0.612. The van der Waals surface area contributed by atoms with Crippen LogP contribution >= 0.6 is 0 Å². The molecule has 0 aliphatic rings. The minimum Gasteiger partial charge on any atom is -0.490 e. The monoisotopic (exact) mass is 383 g/mol. The highest BCUT2D eigenvalue weighted by Gasteiger charge is 2.24. The second-order valence-corrected chi connectivity index (χ2v) is 5.40. The molecule has 1 unspecified atom stereocenters. The van der Waals surface area contributed by atoms with Crippen LogP contribution < -0.4 is 19.5 Å². The molecule has 9 nitrogen and oxygen atoms in total. The van der Waals surface area contributed by atoms with Crippen molar-refractivity contribution in [1.29, 1.82) is 0 Å². The van der Waals surface area contributed by atoms with Gasteiger partial charge in [0.2, 0.25) is 5.75 Å². The van der Waals surface area contributed by atoms with E-state index in [4.69, 9.17) is 19.3 Å². The van der Waals surface area contributed by atoms with E-state index in [0.29, 0.717) is 37.1 Å². The number of nitrogens with one attached hydrogen (secondary N) is 1. The Balaban J connectivity index is 3.16. The fourth-order valence-electron chi connectivity index (χ4n) is 2.29. The second-order valence-electron chi connectivity index (χ2n) is 5.40. The Labute approximate surface area is 157 Å². The largest absolute Gasteiger partial charge is 0.490 e. The van der Waals surface area contributed by atoms with Crippen LogP contribution in [0, 0.1) is 0 Å². The summed E-state index contributed by atoms with van der Waals surface area (Å²) in [7, 11) is 0. The zero-order valence-corrected chi connectivity index (χ0v) is 15.6. The van der Waals surface area contributed by atoms with Gasteiger partial charge in [-0.05, 0) is 39.3 Å². The smallest absolute Gasteiger partial charge is 0.326 e. The first kappa shape index (κ1) is 22.1. The Bertz CT molecular complexity index is 646. The molecule has 3 N–H and O–H groups in total. The summed E-state index contributed by atoms with van der Waals surface area (Å²) in [5.41, 5.74) is 0.118. The molecule has 150 valence electrons. The van der Waals surface area contributed by atoms with Crippen molar-refractivity contribution in [1.82, 2.24) is 5.32 Å². The topological polar surface area (TPSA) is 131 Å². The molecule has 0 saturated carbocycles. The van der Waals surface area contributed by atoms with Gasteiger partial charge in [0.05, 0.1) is 19.8 Å². The van der Waals surface area contributed by atoms with E-state index in [1.165, 1.54) is 12.1 Å². The highest BCUT2D eigenvalue weighted by molar-refractivity contribution is 5.97. The summed E-state index contributed by atoms with van der Waals surface area (Å²) in [5, 5.41) is 20.2. The second kappa shape index (κ2) is 10.9. The maximum Gasteiger partial charge on any atom is 0.326 e. The minimum atomic E-state index is -1.33. The third-order valence-electron chi connectivity index (χ3n) is 3.42. The van der Waals surface area contributed by atoms with Crippen molar-refractivity contribution in [3.8, 4) is 17.2 Å². The predicted molar refractivity (Wildman–Crippen MR) is 95.7 cm³/mol. The standard InChI is InChI=1S/C18H25NO8/c1-4-25-13-9-11(10-14(26-5-2)16(13)27-6-3)17(22)19-12(18(23)24)7-8-15(20)21/h9-10,12H,4-8H2,1-3H3,(H,19,22)(H,20,21)(H,23,24). The SMILES string of the molecule is CCOc1cc(C(=O)NC(CCC(=O)O)C(=O)O)cc(OCC)c1OCC. The van der Waals surface area contributed by atoms with E-state index in [2.05, 4.69) is 5.32 Å². The van der Waals surface area contributed by atoms with E-state index in [1.54, 1.807) is 20.8 Å². The maximum absolute atomic E-state index is 12.5. The van der Waals surface area contributed by atoms with Crippen molar-refractivity contribution in [2.45, 2.75) is 39.7 Å². The van der Waals surface area contributed by atoms with Gasteiger partial charge < -0.3 is 29.7 Å². The van der Waals surface area contributed by atoms with Crippen molar-refractivity contribution >= 4 is 17.8 Å². The number of carboxylic acids is 2. The number of rotatable bonds is 12. The number of carbonyl (C=O) groups is 3. The molecule has 0 aliphatic heterocycles. The van der Waals surface area contributed by atoms with Crippen molar-refractivity contribution < 1.29 is 38.8 Å². The lowest BCUT2D eigenvalue weighted by molar-refractivity contribution is -0.140. The molecule has 0 saturated heterocycles. The van der Waals surface area contributed by atoms with Crippen LogP contribution in [0.5, 0.6) is 17.2 Å². The Morgan fingerprint density at radius 1 is 0.963 bits per heavy atom. The number of hydrogen-bond donors (Lipinski definition) is 3. The molecular weight excluding hydrogens is 358 g/mol. The van der Waals surface area contributed by atoms with E-state index < -0.39 is 23.9 Å². The van der Waals surface area contributed by atoms with Crippen molar-refractivity contribution in [3.05, 3.63) is 17.7 Å². The third kappa shape index (κ3) is 6.69. The summed E-state index contributed by atoms with van der Waals surface area (Å²) in [6.45, 7) is 6.36. The van der Waals surface area contributed by atoms with Gasteiger partial charge in [-0.15, -0.1) is 0 Å². The van der Waals surface area contributed by atoms with Crippen LogP contribution in [0.25, 0.3) is 0 Å². The molecule has 0 radical (unpaired) electrons. The maximum atomic E-state index is 12.5. The fourth-order valence-corrected chi connectivity index (χ4v) is 2.29. The molecule has 0 heterocycles. The third-order valence-corrected chi connectivity index (χ3v) is 3.42. The molecule has 1 aromatic rings. The Morgan fingerprint density at radius 2 is 1.48 bits per heavy atom. The van der Waals surface area contributed by atoms with Gasteiger partial charge >= 0.3 is 11.9 Å². The summed E-state index contributed by atoms with van der Waals surface area (Å²) in [5.74, 6) is -2.18. The minimum absolute atomic E-state index is 0.118. The first-order valence-corrected chi connectivity index (χ1v) is 8.65. The van der Waals surface area contributed by atoms with Crippen LogP contribution in [0.15, 0.2) is 12.1 Å². The van der Waals surface area contributed by atoms with Gasteiger partial charge in [0.15, 0.2) is 11.5 Å². The van der Waals surface area contributed by atoms with Gasteiger partial charge in [-0.25, -0.2) is 4.79 Å². The summed E-state index contributed by atoms with van der Waals surface area (Å²) in [4.78, 5) is 34.5. The average molecular weight is 383 g/mol. The molecule has 1 rings (SSSR count). The normalized spacial score (nSPS) is 11.4. The van der Waals surface area contributed by atoms with Gasteiger partial charge in [-0.2, -0.15) is 0 Å². The van der Waals surface area contributed by atoms with E-state index in [9.17, 15) is 19.5 Å².